The minimum atomic E-state index is 0.195. The summed E-state index contributed by atoms with van der Waals surface area (Å²) in [5.41, 5.74) is 0.869. The van der Waals surface area contributed by atoms with Crippen molar-refractivity contribution in [3.63, 3.8) is 0 Å². The molecule has 3 nitrogen and oxygen atoms in total. The van der Waals surface area contributed by atoms with Gasteiger partial charge in [-0.15, -0.1) is 4.91 Å². The number of benzene rings is 1. The van der Waals surface area contributed by atoms with Gasteiger partial charge in [-0.2, -0.15) is 0 Å². The summed E-state index contributed by atoms with van der Waals surface area (Å²) in [5, 5.41) is 2.93. The SMILES string of the molecule is O=NOCc1ccc(Cl)cc1. The van der Waals surface area contributed by atoms with E-state index in [1.54, 1.807) is 24.3 Å². The third kappa shape index (κ3) is 2.55. The fraction of sp³-hybridized carbons (Fsp3) is 0.143. The van der Waals surface area contributed by atoms with Crippen molar-refractivity contribution in [3.8, 4) is 0 Å². The first-order valence-corrected chi connectivity index (χ1v) is 3.40. The van der Waals surface area contributed by atoms with E-state index >= 15 is 0 Å². The smallest absolute Gasteiger partial charge is 0.155 e. The average molecular weight is 172 g/mol. The Hall–Kier alpha value is -1.09. The van der Waals surface area contributed by atoms with E-state index in [2.05, 4.69) is 10.2 Å². The van der Waals surface area contributed by atoms with Gasteiger partial charge in [-0.05, 0) is 17.7 Å². The molecule has 0 saturated carbocycles. The largest absolute Gasteiger partial charge is 0.359 e. The second kappa shape index (κ2) is 3.93. The number of hydrogen-bond acceptors (Lipinski definition) is 3. The summed E-state index contributed by atoms with van der Waals surface area (Å²) in [6.45, 7) is 0.195. The van der Waals surface area contributed by atoms with Crippen molar-refractivity contribution in [2.75, 3.05) is 0 Å². The number of nitrogens with zero attached hydrogens (tertiary/aromatic N) is 1. The van der Waals surface area contributed by atoms with Gasteiger partial charge in [0.05, 0.1) is 0 Å². The summed E-state index contributed by atoms with van der Waals surface area (Å²) in [6, 6.07) is 7.00. The topological polar surface area (TPSA) is 38.7 Å². The second-order valence-electron chi connectivity index (χ2n) is 1.97. The van der Waals surface area contributed by atoms with Gasteiger partial charge in [0.15, 0.2) is 5.34 Å². The van der Waals surface area contributed by atoms with Crippen molar-refractivity contribution >= 4 is 11.6 Å². The Balaban J connectivity index is 2.58. The van der Waals surface area contributed by atoms with Gasteiger partial charge in [0.2, 0.25) is 0 Å². The predicted octanol–water partition coefficient (Wildman–Crippen LogP) is 2.54. The number of hydrogen-bond donors (Lipinski definition) is 0. The molecule has 0 bridgehead atoms. The van der Waals surface area contributed by atoms with Crippen molar-refractivity contribution < 1.29 is 4.84 Å². The molecule has 0 spiro atoms. The van der Waals surface area contributed by atoms with Crippen LogP contribution in [0.1, 0.15) is 5.56 Å². The number of halogens is 1. The van der Waals surface area contributed by atoms with Crippen LogP contribution in [0.5, 0.6) is 0 Å². The standard InChI is InChI=1S/C7H6ClNO2/c8-7-3-1-6(2-4-7)5-11-9-10/h1-4H,5H2. The lowest BCUT2D eigenvalue weighted by molar-refractivity contribution is 0.126. The zero-order valence-corrected chi connectivity index (χ0v) is 6.41. The monoisotopic (exact) mass is 171 g/mol. The predicted molar refractivity (Wildman–Crippen MR) is 42.0 cm³/mol. The molecule has 0 atom stereocenters. The molecular formula is C7H6ClNO2. The highest BCUT2D eigenvalue weighted by Gasteiger charge is 1.92. The Morgan fingerprint density at radius 3 is 2.55 bits per heavy atom. The van der Waals surface area contributed by atoms with Crippen molar-refractivity contribution in [3.05, 3.63) is 39.8 Å². The molecule has 0 heterocycles. The van der Waals surface area contributed by atoms with Crippen LogP contribution in [-0.4, -0.2) is 0 Å². The van der Waals surface area contributed by atoms with E-state index < -0.39 is 0 Å². The molecule has 0 aliphatic rings. The van der Waals surface area contributed by atoms with Crippen molar-refractivity contribution in [2.45, 2.75) is 6.61 Å². The first kappa shape index (κ1) is 8.01. The zero-order chi connectivity index (χ0) is 8.10. The van der Waals surface area contributed by atoms with Crippen LogP contribution in [0.2, 0.25) is 5.02 Å². The minimum Gasteiger partial charge on any atom is -0.359 e. The van der Waals surface area contributed by atoms with E-state index in [0.29, 0.717) is 5.02 Å². The number of rotatable bonds is 3. The van der Waals surface area contributed by atoms with Crippen LogP contribution < -0.4 is 0 Å². The van der Waals surface area contributed by atoms with E-state index in [-0.39, 0.29) is 6.61 Å². The molecule has 58 valence electrons. The van der Waals surface area contributed by atoms with Crippen LogP contribution in [0, 0.1) is 4.91 Å². The van der Waals surface area contributed by atoms with E-state index in [0.717, 1.165) is 5.56 Å². The summed E-state index contributed by atoms with van der Waals surface area (Å²) in [5.74, 6) is 0. The lowest BCUT2D eigenvalue weighted by Gasteiger charge is -1.95. The second-order valence-corrected chi connectivity index (χ2v) is 2.41. The Kier molecular flexibility index (Phi) is 2.86. The third-order valence-electron chi connectivity index (χ3n) is 1.20. The van der Waals surface area contributed by atoms with Crippen LogP contribution in [0.25, 0.3) is 0 Å². The maximum absolute atomic E-state index is 9.55. The Labute approximate surface area is 68.9 Å². The molecule has 0 fully saturated rings. The van der Waals surface area contributed by atoms with Crippen molar-refractivity contribution in [2.24, 2.45) is 5.34 Å². The van der Waals surface area contributed by atoms with Gasteiger partial charge in [-0.3, -0.25) is 0 Å². The summed E-state index contributed by atoms with van der Waals surface area (Å²) >= 11 is 5.62. The van der Waals surface area contributed by atoms with Crippen molar-refractivity contribution in [1.82, 2.24) is 0 Å². The molecule has 0 aromatic heterocycles. The Morgan fingerprint density at radius 1 is 1.36 bits per heavy atom. The lowest BCUT2D eigenvalue weighted by Crippen LogP contribution is -1.84. The highest BCUT2D eigenvalue weighted by atomic mass is 35.5. The molecule has 4 heteroatoms. The molecule has 0 aliphatic carbocycles. The van der Waals surface area contributed by atoms with E-state index in [4.69, 9.17) is 11.6 Å². The lowest BCUT2D eigenvalue weighted by atomic mass is 10.2. The van der Waals surface area contributed by atoms with Crippen LogP contribution >= 0.6 is 11.6 Å². The first-order valence-electron chi connectivity index (χ1n) is 3.02. The summed E-state index contributed by atoms with van der Waals surface area (Å²) in [4.78, 5) is 13.8. The molecule has 1 rings (SSSR count). The molecule has 11 heavy (non-hydrogen) atoms. The molecular weight excluding hydrogens is 166 g/mol. The molecule has 0 radical (unpaired) electrons. The summed E-state index contributed by atoms with van der Waals surface area (Å²) in [7, 11) is 0. The highest BCUT2D eigenvalue weighted by Crippen LogP contribution is 2.09. The molecule has 0 aliphatic heterocycles. The summed E-state index contributed by atoms with van der Waals surface area (Å²) < 4.78 is 0. The fourth-order valence-corrected chi connectivity index (χ4v) is 0.808. The molecule has 0 unspecified atom stereocenters. The Bertz CT molecular complexity index is 235. The Morgan fingerprint density at radius 2 is 2.00 bits per heavy atom. The van der Waals surface area contributed by atoms with Gasteiger partial charge in [0, 0.05) is 5.02 Å². The van der Waals surface area contributed by atoms with Gasteiger partial charge in [0.1, 0.15) is 6.61 Å². The van der Waals surface area contributed by atoms with Crippen LogP contribution in [0.4, 0.5) is 0 Å². The zero-order valence-electron chi connectivity index (χ0n) is 5.66. The average Bonchev–Trinajstić information content (AvgIpc) is 2.04. The van der Waals surface area contributed by atoms with Gasteiger partial charge < -0.3 is 4.84 Å². The molecule has 0 N–H and O–H groups in total. The van der Waals surface area contributed by atoms with Crippen LogP contribution in [0.15, 0.2) is 29.6 Å². The summed E-state index contributed by atoms with van der Waals surface area (Å²) in [6.07, 6.45) is 0. The molecule has 1 aromatic rings. The van der Waals surface area contributed by atoms with E-state index in [1.165, 1.54) is 0 Å². The van der Waals surface area contributed by atoms with Gasteiger partial charge in [-0.25, -0.2) is 0 Å². The van der Waals surface area contributed by atoms with Crippen LogP contribution in [-0.2, 0) is 11.4 Å². The minimum absolute atomic E-state index is 0.195. The normalized spacial score (nSPS) is 9.18. The van der Waals surface area contributed by atoms with Gasteiger partial charge in [0.25, 0.3) is 0 Å². The maximum Gasteiger partial charge on any atom is 0.155 e. The highest BCUT2D eigenvalue weighted by molar-refractivity contribution is 6.30. The maximum atomic E-state index is 9.55. The quantitative estimate of drug-likeness (QED) is 0.518. The molecule has 0 amide bonds. The van der Waals surface area contributed by atoms with Crippen molar-refractivity contribution in [1.29, 1.82) is 0 Å². The van der Waals surface area contributed by atoms with E-state index in [9.17, 15) is 4.91 Å². The van der Waals surface area contributed by atoms with Gasteiger partial charge >= 0.3 is 0 Å². The molecule has 0 saturated heterocycles. The first-order chi connectivity index (χ1) is 5.33. The van der Waals surface area contributed by atoms with Crippen LogP contribution in [0.3, 0.4) is 0 Å². The van der Waals surface area contributed by atoms with E-state index in [1.807, 2.05) is 0 Å². The molecule has 1 aromatic carbocycles. The third-order valence-corrected chi connectivity index (χ3v) is 1.45. The van der Waals surface area contributed by atoms with Gasteiger partial charge in [-0.1, -0.05) is 23.7 Å². The fourth-order valence-electron chi connectivity index (χ4n) is 0.682.